The summed E-state index contributed by atoms with van der Waals surface area (Å²) < 4.78 is 14.8. The lowest BCUT2D eigenvalue weighted by atomic mass is 10.1. The minimum atomic E-state index is -0.310. The second-order valence-corrected chi connectivity index (χ2v) is 8.44. The van der Waals surface area contributed by atoms with Crippen molar-refractivity contribution >= 4 is 11.8 Å². The maximum atomic E-state index is 13.1. The Labute approximate surface area is 182 Å². The highest BCUT2D eigenvalue weighted by atomic mass is 19.1. The number of nitrogens with zero attached hydrogens (tertiary/aromatic N) is 4. The molecule has 2 aliphatic rings. The minimum absolute atomic E-state index is 0.166. The van der Waals surface area contributed by atoms with Crippen LogP contribution in [0.3, 0.4) is 0 Å². The van der Waals surface area contributed by atoms with Gasteiger partial charge in [-0.1, -0.05) is 12.8 Å². The van der Waals surface area contributed by atoms with E-state index in [1.54, 1.807) is 23.0 Å². The van der Waals surface area contributed by atoms with Crippen LogP contribution in [0.5, 0.6) is 0 Å². The Kier molecular flexibility index (Phi) is 6.65. The zero-order valence-corrected chi connectivity index (χ0v) is 18.0. The van der Waals surface area contributed by atoms with Crippen LogP contribution < -0.4 is 5.32 Å². The van der Waals surface area contributed by atoms with Gasteiger partial charge < -0.3 is 10.2 Å². The second-order valence-electron chi connectivity index (χ2n) is 8.44. The number of benzene rings is 1. The van der Waals surface area contributed by atoms with Gasteiger partial charge in [-0.25, -0.2) is 9.07 Å². The van der Waals surface area contributed by atoms with Crippen molar-refractivity contribution < 1.29 is 14.0 Å². The van der Waals surface area contributed by atoms with Crippen LogP contribution in [-0.2, 0) is 4.79 Å². The first kappa shape index (κ1) is 21.5. The van der Waals surface area contributed by atoms with Crippen molar-refractivity contribution in [1.29, 1.82) is 0 Å². The van der Waals surface area contributed by atoms with Crippen molar-refractivity contribution in [2.24, 2.45) is 5.92 Å². The fourth-order valence-electron chi connectivity index (χ4n) is 4.52. The van der Waals surface area contributed by atoms with Crippen LogP contribution in [0, 0.1) is 18.7 Å². The van der Waals surface area contributed by atoms with Crippen LogP contribution in [0.25, 0.3) is 5.69 Å². The molecule has 0 spiro atoms. The van der Waals surface area contributed by atoms with Gasteiger partial charge in [-0.15, -0.1) is 0 Å². The molecule has 0 atom stereocenters. The van der Waals surface area contributed by atoms with Crippen molar-refractivity contribution in [1.82, 2.24) is 24.9 Å². The molecule has 0 radical (unpaired) electrons. The smallest absolute Gasteiger partial charge is 0.254 e. The third-order valence-electron chi connectivity index (χ3n) is 6.43. The molecule has 1 saturated carbocycles. The van der Waals surface area contributed by atoms with Crippen molar-refractivity contribution in [3.8, 4) is 5.69 Å². The molecule has 166 valence electrons. The quantitative estimate of drug-likeness (QED) is 0.769. The molecule has 1 aliphatic carbocycles. The monoisotopic (exact) mass is 427 g/mol. The van der Waals surface area contributed by atoms with E-state index in [0.717, 1.165) is 45.6 Å². The van der Waals surface area contributed by atoms with Crippen molar-refractivity contribution in [2.75, 3.05) is 39.3 Å². The maximum Gasteiger partial charge on any atom is 0.254 e. The van der Waals surface area contributed by atoms with Crippen molar-refractivity contribution in [3.05, 3.63) is 47.5 Å². The van der Waals surface area contributed by atoms with Gasteiger partial charge in [-0.05, 0) is 44.0 Å². The van der Waals surface area contributed by atoms with E-state index in [1.807, 2.05) is 11.8 Å². The van der Waals surface area contributed by atoms with E-state index in [1.165, 1.54) is 25.0 Å². The summed E-state index contributed by atoms with van der Waals surface area (Å²) >= 11 is 0. The van der Waals surface area contributed by atoms with E-state index in [0.29, 0.717) is 29.4 Å². The molecule has 1 N–H and O–H groups in total. The first-order valence-electron chi connectivity index (χ1n) is 11.1. The van der Waals surface area contributed by atoms with Gasteiger partial charge in [0.15, 0.2) is 0 Å². The Balaban J connectivity index is 1.23. The lowest BCUT2D eigenvalue weighted by Crippen LogP contribution is -2.51. The highest BCUT2D eigenvalue weighted by Gasteiger charge is 2.29. The van der Waals surface area contributed by atoms with Gasteiger partial charge in [0.05, 0.1) is 23.1 Å². The fourth-order valence-corrected chi connectivity index (χ4v) is 4.52. The van der Waals surface area contributed by atoms with E-state index in [9.17, 15) is 14.0 Å². The predicted octanol–water partition coefficient (Wildman–Crippen LogP) is 2.38. The first-order valence-corrected chi connectivity index (χ1v) is 11.1. The Bertz CT molecular complexity index is 913. The molecule has 7 nitrogen and oxygen atoms in total. The van der Waals surface area contributed by atoms with Gasteiger partial charge in [-0.3, -0.25) is 14.5 Å². The summed E-state index contributed by atoms with van der Waals surface area (Å²) in [4.78, 5) is 29.4. The van der Waals surface area contributed by atoms with Crippen molar-refractivity contribution in [2.45, 2.75) is 32.6 Å². The topological polar surface area (TPSA) is 70.5 Å². The zero-order valence-electron chi connectivity index (χ0n) is 18.0. The SMILES string of the molecule is Cc1c(C(=O)NCCN2CCN(C(=O)C3CCCC3)CC2)cnn1-c1ccc(F)cc1. The van der Waals surface area contributed by atoms with E-state index in [4.69, 9.17) is 0 Å². The second kappa shape index (κ2) is 9.60. The van der Waals surface area contributed by atoms with Gasteiger partial charge in [0, 0.05) is 45.2 Å². The Morgan fingerprint density at radius 3 is 2.45 bits per heavy atom. The van der Waals surface area contributed by atoms with Crippen LogP contribution in [-0.4, -0.2) is 70.7 Å². The summed E-state index contributed by atoms with van der Waals surface area (Å²) in [6, 6.07) is 6.01. The first-order chi connectivity index (χ1) is 15.0. The Morgan fingerprint density at radius 1 is 1.10 bits per heavy atom. The number of carbonyl (C=O) groups excluding carboxylic acids is 2. The molecule has 2 heterocycles. The molecular weight excluding hydrogens is 397 g/mol. The van der Waals surface area contributed by atoms with E-state index in [2.05, 4.69) is 15.3 Å². The standard InChI is InChI=1S/C23H30FN5O2/c1-17-21(16-26-29(17)20-8-6-19(24)7-9-20)22(30)25-10-11-27-12-14-28(15-13-27)23(31)18-4-2-3-5-18/h6-9,16,18H,2-5,10-15H2,1H3,(H,25,30). The number of rotatable bonds is 6. The van der Waals surface area contributed by atoms with Gasteiger partial charge in [-0.2, -0.15) is 5.10 Å². The van der Waals surface area contributed by atoms with E-state index < -0.39 is 0 Å². The van der Waals surface area contributed by atoms with Crippen LogP contribution in [0.1, 0.15) is 41.7 Å². The van der Waals surface area contributed by atoms with Crippen molar-refractivity contribution in [3.63, 3.8) is 0 Å². The summed E-state index contributed by atoms with van der Waals surface area (Å²) in [6.45, 7) is 6.34. The average molecular weight is 428 g/mol. The number of halogens is 1. The number of aromatic nitrogens is 2. The number of piperazine rings is 1. The lowest BCUT2D eigenvalue weighted by molar-refractivity contribution is -0.137. The highest BCUT2D eigenvalue weighted by Crippen LogP contribution is 2.26. The zero-order chi connectivity index (χ0) is 21.8. The molecule has 1 aromatic carbocycles. The molecule has 1 aromatic heterocycles. The molecule has 4 rings (SSSR count). The van der Waals surface area contributed by atoms with E-state index >= 15 is 0 Å². The lowest BCUT2D eigenvalue weighted by Gasteiger charge is -2.36. The molecular formula is C23H30FN5O2. The van der Waals surface area contributed by atoms with Gasteiger partial charge in [0.1, 0.15) is 5.82 Å². The molecule has 2 aromatic rings. The highest BCUT2D eigenvalue weighted by molar-refractivity contribution is 5.95. The molecule has 1 aliphatic heterocycles. The minimum Gasteiger partial charge on any atom is -0.351 e. The Morgan fingerprint density at radius 2 is 1.77 bits per heavy atom. The van der Waals surface area contributed by atoms with Crippen LogP contribution >= 0.6 is 0 Å². The molecule has 1 saturated heterocycles. The number of hydrogen-bond donors (Lipinski definition) is 1. The summed E-state index contributed by atoms with van der Waals surface area (Å²) in [5.41, 5.74) is 1.93. The fraction of sp³-hybridized carbons (Fsp3) is 0.522. The molecule has 0 bridgehead atoms. The normalized spacial score (nSPS) is 17.8. The summed E-state index contributed by atoms with van der Waals surface area (Å²) in [5, 5.41) is 7.24. The van der Waals surface area contributed by atoms with Gasteiger partial charge >= 0.3 is 0 Å². The average Bonchev–Trinajstić information content (AvgIpc) is 3.44. The molecule has 31 heavy (non-hydrogen) atoms. The third-order valence-corrected chi connectivity index (χ3v) is 6.43. The predicted molar refractivity (Wildman–Crippen MR) is 116 cm³/mol. The number of nitrogens with one attached hydrogen (secondary N) is 1. The summed E-state index contributed by atoms with van der Waals surface area (Å²) in [5.74, 6) is 0.0974. The van der Waals surface area contributed by atoms with Gasteiger partial charge in [0.2, 0.25) is 5.91 Å². The Hall–Kier alpha value is -2.74. The summed E-state index contributed by atoms with van der Waals surface area (Å²) in [6.07, 6.45) is 5.99. The molecule has 2 fully saturated rings. The summed E-state index contributed by atoms with van der Waals surface area (Å²) in [7, 11) is 0. The van der Waals surface area contributed by atoms with E-state index in [-0.39, 0.29) is 17.6 Å². The number of carbonyl (C=O) groups is 2. The number of amides is 2. The number of hydrogen-bond acceptors (Lipinski definition) is 4. The van der Waals surface area contributed by atoms with Crippen LogP contribution in [0.2, 0.25) is 0 Å². The third kappa shape index (κ3) is 4.95. The van der Waals surface area contributed by atoms with Crippen LogP contribution in [0.4, 0.5) is 4.39 Å². The maximum absolute atomic E-state index is 13.1. The molecule has 0 unspecified atom stereocenters. The largest absolute Gasteiger partial charge is 0.351 e. The molecule has 8 heteroatoms. The van der Waals surface area contributed by atoms with Gasteiger partial charge in [0.25, 0.3) is 5.91 Å². The molecule has 2 amide bonds. The van der Waals surface area contributed by atoms with Crippen LogP contribution in [0.15, 0.2) is 30.5 Å².